The van der Waals surface area contributed by atoms with E-state index in [1.54, 1.807) is 0 Å². The minimum absolute atomic E-state index is 0.0690. The van der Waals surface area contributed by atoms with Crippen molar-refractivity contribution in [3.63, 3.8) is 0 Å². The van der Waals surface area contributed by atoms with Crippen molar-refractivity contribution in [1.29, 1.82) is 0 Å². The molecular formula is C13H15N3O2. The van der Waals surface area contributed by atoms with Crippen LogP contribution >= 0.6 is 0 Å². The van der Waals surface area contributed by atoms with Crippen LogP contribution < -0.4 is 10.6 Å². The largest absolute Gasteiger partial charge is 0.441 e. The van der Waals surface area contributed by atoms with E-state index in [0.717, 1.165) is 36.3 Å². The van der Waals surface area contributed by atoms with Crippen molar-refractivity contribution in [2.24, 2.45) is 5.92 Å². The molecule has 0 aliphatic carbocycles. The molecule has 0 bridgehead atoms. The molecule has 94 valence electrons. The Morgan fingerprint density at radius 1 is 1.56 bits per heavy atom. The second-order valence-electron chi connectivity index (χ2n) is 4.59. The first-order valence-electron chi connectivity index (χ1n) is 6.11. The van der Waals surface area contributed by atoms with Crippen LogP contribution in [0.4, 0.5) is 5.69 Å². The van der Waals surface area contributed by atoms with Gasteiger partial charge in [0.1, 0.15) is 5.52 Å². The molecule has 1 aromatic heterocycles. The van der Waals surface area contributed by atoms with Gasteiger partial charge in [0.15, 0.2) is 11.5 Å². The van der Waals surface area contributed by atoms with Crippen LogP contribution in [0.3, 0.4) is 0 Å². The van der Waals surface area contributed by atoms with E-state index in [-0.39, 0.29) is 11.8 Å². The summed E-state index contributed by atoms with van der Waals surface area (Å²) < 4.78 is 5.39. The highest BCUT2D eigenvalue weighted by atomic mass is 16.3. The van der Waals surface area contributed by atoms with Crippen molar-refractivity contribution >= 4 is 22.7 Å². The molecule has 1 amide bonds. The Bertz CT molecular complexity index is 585. The molecule has 1 aliphatic rings. The van der Waals surface area contributed by atoms with Gasteiger partial charge in [0.2, 0.25) is 5.91 Å². The predicted octanol–water partition coefficient (Wildman–Crippen LogP) is 1.68. The number of carbonyl (C=O) groups is 1. The first-order valence-corrected chi connectivity index (χ1v) is 6.11. The molecule has 5 nitrogen and oxygen atoms in total. The number of nitrogens with one attached hydrogen (secondary N) is 2. The van der Waals surface area contributed by atoms with Gasteiger partial charge >= 0.3 is 0 Å². The molecular weight excluding hydrogens is 230 g/mol. The Kier molecular flexibility index (Phi) is 2.76. The van der Waals surface area contributed by atoms with Gasteiger partial charge in [-0.15, -0.1) is 0 Å². The molecule has 2 aromatic rings. The second kappa shape index (κ2) is 4.42. The zero-order valence-electron chi connectivity index (χ0n) is 10.2. The first kappa shape index (κ1) is 11.2. The van der Waals surface area contributed by atoms with Crippen LogP contribution in [0.1, 0.15) is 12.3 Å². The van der Waals surface area contributed by atoms with Gasteiger partial charge in [0, 0.05) is 19.2 Å². The van der Waals surface area contributed by atoms with Gasteiger partial charge in [-0.1, -0.05) is 0 Å². The third-order valence-electron chi connectivity index (χ3n) is 3.19. The zero-order chi connectivity index (χ0) is 12.5. The highest BCUT2D eigenvalue weighted by Gasteiger charge is 2.22. The Morgan fingerprint density at radius 3 is 3.22 bits per heavy atom. The van der Waals surface area contributed by atoms with Gasteiger partial charge in [-0.2, -0.15) is 0 Å². The summed E-state index contributed by atoms with van der Waals surface area (Å²) in [6, 6.07) is 5.51. The van der Waals surface area contributed by atoms with Crippen LogP contribution in [-0.2, 0) is 4.79 Å². The highest BCUT2D eigenvalue weighted by Crippen LogP contribution is 2.20. The smallest absolute Gasteiger partial charge is 0.228 e. The lowest BCUT2D eigenvalue weighted by molar-refractivity contribution is -0.119. The van der Waals surface area contributed by atoms with Crippen molar-refractivity contribution in [1.82, 2.24) is 10.3 Å². The maximum absolute atomic E-state index is 12.0. The molecule has 1 saturated heterocycles. The number of oxazole rings is 1. The van der Waals surface area contributed by atoms with E-state index in [1.807, 2.05) is 25.1 Å². The number of hydrogen-bond acceptors (Lipinski definition) is 4. The van der Waals surface area contributed by atoms with Gasteiger partial charge in [-0.3, -0.25) is 4.79 Å². The van der Waals surface area contributed by atoms with Crippen LogP contribution in [0.5, 0.6) is 0 Å². The summed E-state index contributed by atoms with van der Waals surface area (Å²) in [5.74, 6) is 0.771. The molecule has 1 atom stereocenters. The third-order valence-corrected chi connectivity index (χ3v) is 3.19. The van der Waals surface area contributed by atoms with Gasteiger partial charge in [0.05, 0.1) is 5.92 Å². The molecule has 0 spiro atoms. The van der Waals surface area contributed by atoms with E-state index in [4.69, 9.17) is 4.42 Å². The molecule has 0 saturated carbocycles. The number of anilines is 1. The quantitative estimate of drug-likeness (QED) is 0.844. The second-order valence-corrected chi connectivity index (χ2v) is 4.59. The maximum Gasteiger partial charge on any atom is 0.228 e. The number of nitrogens with zero attached hydrogens (tertiary/aromatic N) is 1. The average molecular weight is 245 g/mol. The first-order chi connectivity index (χ1) is 8.72. The predicted molar refractivity (Wildman–Crippen MR) is 68.4 cm³/mol. The van der Waals surface area contributed by atoms with Crippen molar-refractivity contribution in [2.45, 2.75) is 13.3 Å². The van der Waals surface area contributed by atoms with E-state index in [2.05, 4.69) is 15.6 Å². The van der Waals surface area contributed by atoms with Crippen LogP contribution in [0.15, 0.2) is 22.6 Å². The Balaban J connectivity index is 1.79. The third kappa shape index (κ3) is 2.09. The Morgan fingerprint density at radius 2 is 2.44 bits per heavy atom. The molecule has 1 aromatic carbocycles. The number of amides is 1. The van der Waals surface area contributed by atoms with Gasteiger partial charge in [-0.05, 0) is 31.2 Å². The molecule has 18 heavy (non-hydrogen) atoms. The summed E-state index contributed by atoms with van der Waals surface area (Å²) in [5, 5.41) is 6.11. The molecule has 1 fully saturated rings. The molecule has 2 heterocycles. The molecule has 3 rings (SSSR count). The average Bonchev–Trinajstić information content (AvgIpc) is 2.95. The molecule has 5 heteroatoms. The number of benzene rings is 1. The van der Waals surface area contributed by atoms with Crippen LogP contribution in [0.25, 0.3) is 11.1 Å². The van der Waals surface area contributed by atoms with Crippen molar-refractivity contribution in [3.05, 3.63) is 24.1 Å². The lowest BCUT2D eigenvalue weighted by Crippen LogP contribution is -2.24. The number of aromatic nitrogens is 1. The fourth-order valence-electron chi connectivity index (χ4n) is 2.24. The monoisotopic (exact) mass is 245 g/mol. The van der Waals surface area contributed by atoms with Crippen LogP contribution in [0.2, 0.25) is 0 Å². The Hall–Kier alpha value is -1.88. The summed E-state index contributed by atoms with van der Waals surface area (Å²) in [6.07, 6.45) is 0.900. The topological polar surface area (TPSA) is 67.2 Å². The number of fused-ring (bicyclic) bond motifs is 1. The summed E-state index contributed by atoms with van der Waals surface area (Å²) in [4.78, 5) is 16.2. The molecule has 1 aliphatic heterocycles. The standard InChI is InChI=1S/C13H15N3O2/c1-8-15-11-6-10(2-3-12(11)18-8)16-13(17)9-4-5-14-7-9/h2-3,6,9,14H,4-5,7H2,1H3,(H,16,17). The number of rotatable bonds is 2. The van der Waals surface area contributed by atoms with Crippen LogP contribution in [0, 0.1) is 12.8 Å². The molecule has 0 radical (unpaired) electrons. The minimum Gasteiger partial charge on any atom is -0.441 e. The normalized spacial score (nSPS) is 19.3. The van der Waals surface area contributed by atoms with Crippen molar-refractivity contribution < 1.29 is 9.21 Å². The lowest BCUT2D eigenvalue weighted by atomic mass is 10.1. The lowest BCUT2D eigenvalue weighted by Gasteiger charge is -2.09. The highest BCUT2D eigenvalue weighted by molar-refractivity contribution is 5.94. The minimum atomic E-state index is 0.0690. The summed E-state index contributed by atoms with van der Waals surface area (Å²) in [6.45, 7) is 3.49. The van der Waals surface area contributed by atoms with Crippen LogP contribution in [-0.4, -0.2) is 24.0 Å². The fourth-order valence-corrected chi connectivity index (χ4v) is 2.24. The van der Waals surface area contributed by atoms with E-state index in [0.29, 0.717) is 5.89 Å². The van der Waals surface area contributed by atoms with Gasteiger partial charge in [0.25, 0.3) is 0 Å². The maximum atomic E-state index is 12.0. The van der Waals surface area contributed by atoms with E-state index >= 15 is 0 Å². The zero-order valence-corrected chi connectivity index (χ0v) is 10.2. The Labute approximate surface area is 105 Å². The van der Waals surface area contributed by atoms with E-state index in [1.165, 1.54) is 0 Å². The van der Waals surface area contributed by atoms with Crippen molar-refractivity contribution in [3.8, 4) is 0 Å². The van der Waals surface area contributed by atoms with Gasteiger partial charge in [-0.25, -0.2) is 4.98 Å². The number of aryl methyl sites for hydroxylation is 1. The van der Waals surface area contributed by atoms with E-state index in [9.17, 15) is 4.79 Å². The van der Waals surface area contributed by atoms with Gasteiger partial charge < -0.3 is 15.1 Å². The van der Waals surface area contributed by atoms with Crippen molar-refractivity contribution in [2.75, 3.05) is 18.4 Å². The fraction of sp³-hybridized carbons (Fsp3) is 0.385. The SMILES string of the molecule is Cc1nc2cc(NC(=O)C3CCNC3)ccc2o1. The number of carbonyl (C=O) groups excluding carboxylic acids is 1. The van der Waals surface area contributed by atoms with E-state index < -0.39 is 0 Å². The number of hydrogen-bond donors (Lipinski definition) is 2. The summed E-state index contributed by atoms with van der Waals surface area (Å²) in [7, 11) is 0. The summed E-state index contributed by atoms with van der Waals surface area (Å²) >= 11 is 0. The molecule has 2 N–H and O–H groups in total. The molecule has 1 unspecified atom stereocenters. The summed E-state index contributed by atoms with van der Waals surface area (Å²) in [5.41, 5.74) is 2.29.